The summed E-state index contributed by atoms with van der Waals surface area (Å²) in [6.45, 7) is 1.16. The van der Waals surface area contributed by atoms with E-state index in [4.69, 9.17) is 0 Å². The molecule has 1 N–H and O–H groups in total. The van der Waals surface area contributed by atoms with Gasteiger partial charge in [-0.1, -0.05) is 0 Å². The predicted molar refractivity (Wildman–Crippen MR) is 42.4 cm³/mol. The maximum absolute atomic E-state index is 12.2. The van der Waals surface area contributed by atoms with Crippen LogP contribution < -0.4 is 5.32 Å². The molecule has 2 heterocycles. The van der Waals surface area contributed by atoms with Crippen LogP contribution in [-0.2, 0) is 19.1 Å². The van der Waals surface area contributed by atoms with E-state index in [9.17, 15) is 13.2 Å². The Labute approximate surface area is 78.4 Å². The van der Waals surface area contributed by atoms with Crippen molar-refractivity contribution in [2.75, 3.05) is 6.54 Å². The first-order valence-corrected chi connectivity index (χ1v) is 4.20. The van der Waals surface area contributed by atoms with Crippen molar-refractivity contribution in [3.8, 4) is 0 Å². The van der Waals surface area contributed by atoms with Crippen LogP contribution in [0.15, 0.2) is 6.20 Å². The molecule has 0 bridgehead atoms. The molecule has 0 aromatic carbocycles. The third kappa shape index (κ3) is 1.70. The topological polar surface area (TPSA) is 37.8 Å². The average molecular weight is 203 g/mol. The Balaban J connectivity index is 2.39. The minimum Gasteiger partial charge on any atom is -0.311 e. The van der Waals surface area contributed by atoms with Crippen LogP contribution in [0.4, 0.5) is 13.2 Å². The molecule has 1 aromatic rings. The predicted octanol–water partition coefficient (Wildman–Crippen LogP) is 1.14. The normalized spacial score (nSPS) is 16.5. The smallest absolute Gasteiger partial charge is 0.311 e. The van der Waals surface area contributed by atoms with Gasteiger partial charge in [-0.05, 0) is 0 Å². The van der Waals surface area contributed by atoms with Gasteiger partial charge >= 0.3 is 6.18 Å². The molecule has 0 unspecified atom stereocenters. The maximum atomic E-state index is 12.2. The van der Waals surface area contributed by atoms with Crippen molar-refractivity contribution in [2.45, 2.75) is 19.1 Å². The van der Waals surface area contributed by atoms with Gasteiger partial charge in [0, 0.05) is 19.5 Å². The van der Waals surface area contributed by atoms with Gasteiger partial charge in [-0.15, -0.1) is 0 Å². The van der Waals surface area contributed by atoms with Crippen LogP contribution in [0.2, 0.25) is 0 Å². The second-order valence-electron chi connectivity index (χ2n) is 3.07. The van der Waals surface area contributed by atoms with Gasteiger partial charge in [0.15, 0.2) is 5.69 Å². The monoisotopic (exact) mass is 203 g/mol. The van der Waals surface area contributed by atoms with E-state index in [0.29, 0.717) is 30.9 Å². The molecule has 1 aliphatic heterocycles. The van der Waals surface area contributed by atoms with E-state index >= 15 is 0 Å². The van der Waals surface area contributed by atoms with Gasteiger partial charge in [0.1, 0.15) is 0 Å². The van der Waals surface area contributed by atoms with E-state index in [-0.39, 0.29) is 0 Å². The highest BCUT2D eigenvalue weighted by molar-refractivity contribution is 5.17. The molecule has 0 fully saturated rings. The molecule has 14 heavy (non-hydrogen) atoms. The van der Waals surface area contributed by atoms with Crippen molar-refractivity contribution in [2.24, 2.45) is 0 Å². The summed E-state index contributed by atoms with van der Waals surface area (Å²) in [5.41, 5.74) is 0.168. The molecule has 76 valence electrons. The number of fused-ring (bicyclic) bond motifs is 1. The largest absolute Gasteiger partial charge is 0.434 e. The first-order chi connectivity index (χ1) is 6.57. The first-order valence-electron chi connectivity index (χ1n) is 4.20. The average Bonchev–Trinajstić information content (AvgIpc) is 2.16. The zero-order chi connectivity index (χ0) is 10.2. The molecule has 0 amide bonds. The number of nitrogens with one attached hydrogen (secondary N) is 1. The van der Waals surface area contributed by atoms with Crippen molar-refractivity contribution >= 4 is 0 Å². The van der Waals surface area contributed by atoms with E-state index in [1.54, 1.807) is 0 Å². The fourth-order valence-corrected chi connectivity index (χ4v) is 1.35. The molecular weight excluding hydrogens is 195 g/mol. The minimum absolute atomic E-state index is 0.457. The molecule has 6 heteroatoms. The van der Waals surface area contributed by atoms with Crippen molar-refractivity contribution in [3.05, 3.63) is 23.3 Å². The van der Waals surface area contributed by atoms with Crippen LogP contribution in [0.1, 0.15) is 17.1 Å². The van der Waals surface area contributed by atoms with Crippen LogP contribution in [-0.4, -0.2) is 16.5 Å². The number of hydrogen-bond donors (Lipinski definition) is 1. The zero-order valence-electron chi connectivity index (χ0n) is 7.23. The van der Waals surface area contributed by atoms with Crippen LogP contribution in [0.5, 0.6) is 0 Å². The van der Waals surface area contributed by atoms with Crippen LogP contribution in [0, 0.1) is 0 Å². The highest BCUT2D eigenvalue weighted by Gasteiger charge is 2.33. The van der Waals surface area contributed by atoms with Crippen LogP contribution >= 0.6 is 0 Å². The molecule has 3 nitrogen and oxygen atoms in total. The van der Waals surface area contributed by atoms with Gasteiger partial charge in [0.2, 0.25) is 0 Å². The van der Waals surface area contributed by atoms with E-state index in [2.05, 4.69) is 15.3 Å². The third-order valence-electron chi connectivity index (χ3n) is 2.05. The summed E-state index contributed by atoms with van der Waals surface area (Å²) in [4.78, 5) is 7.30. The van der Waals surface area contributed by atoms with Crippen LogP contribution in [0.25, 0.3) is 0 Å². The lowest BCUT2D eigenvalue weighted by Crippen LogP contribution is -2.26. The molecule has 1 aliphatic rings. The summed E-state index contributed by atoms with van der Waals surface area (Å²) in [5.74, 6) is 0. The van der Waals surface area contributed by atoms with E-state index in [0.717, 1.165) is 6.20 Å². The Kier molecular flexibility index (Phi) is 2.14. The second kappa shape index (κ2) is 3.20. The standard InChI is InChI=1S/C8H8F3N3/c9-8(10,11)7-4-13-6-3-12-2-1-5(6)14-7/h4,12H,1-3H2. The number of alkyl halides is 3. The molecule has 1 aromatic heterocycles. The van der Waals surface area contributed by atoms with Gasteiger partial charge in [-0.25, -0.2) is 4.98 Å². The van der Waals surface area contributed by atoms with Gasteiger partial charge in [0.05, 0.1) is 17.6 Å². The van der Waals surface area contributed by atoms with Crippen molar-refractivity contribution < 1.29 is 13.2 Å². The van der Waals surface area contributed by atoms with Gasteiger partial charge in [-0.2, -0.15) is 13.2 Å². The molecule has 2 rings (SSSR count). The lowest BCUT2D eigenvalue weighted by Gasteiger charge is -2.16. The molecule has 0 atom stereocenters. The van der Waals surface area contributed by atoms with E-state index in [1.807, 2.05) is 0 Å². The Morgan fingerprint density at radius 3 is 2.79 bits per heavy atom. The summed E-state index contributed by atoms with van der Waals surface area (Å²) < 4.78 is 36.7. The molecule has 0 radical (unpaired) electrons. The van der Waals surface area contributed by atoms with Crippen molar-refractivity contribution in [3.63, 3.8) is 0 Å². The fraction of sp³-hybridized carbons (Fsp3) is 0.500. The summed E-state index contributed by atoms with van der Waals surface area (Å²) in [5, 5.41) is 3.02. The number of hydrogen-bond acceptors (Lipinski definition) is 3. The molecule has 0 saturated carbocycles. The lowest BCUT2D eigenvalue weighted by atomic mass is 10.1. The molecule has 0 saturated heterocycles. The molecular formula is C8H8F3N3. The Morgan fingerprint density at radius 2 is 2.07 bits per heavy atom. The van der Waals surface area contributed by atoms with Gasteiger partial charge in [0.25, 0.3) is 0 Å². The molecule has 0 spiro atoms. The Bertz CT molecular complexity index is 348. The van der Waals surface area contributed by atoms with Gasteiger partial charge < -0.3 is 5.32 Å². The summed E-state index contributed by atoms with van der Waals surface area (Å²) in [6.07, 6.45) is -3.11. The fourth-order valence-electron chi connectivity index (χ4n) is 1.35. The van der Waals surface area contributed by atoms with E-state index < -0.39 is 11.9 Å². The summed E-state index contributed by atoms with van der Waals surface area (Å²) in [7, 11) is 0. The lowest BCUT2D eigenvalue weighted by molar-refractivity contribution is -0.141. The highest BCUT2D eigenvalue weighted by atomic mass is 19.4. The van der Waals surface area contributed by atoms with Gasteiger partial charge in [-0.3, -0.25) is 4.98 Å². The van der Waals surface area contributed by atoms with Crippen molar-refractivity contribution in [1.29, 1.82) is 0 Å². The Hall–Kier alpha value is -1.17. The SMILES string of the molecule is FC(F)(F)c1cnc2c(n1)CCNC2. The van der Waals surface area contributed by atoms with E-state index in [1.165, 1.54) is 0 Å². The third-order valence-corrected chi connectivity index (χ3v) is 2.05. The maximum Gasteiger partial charge on any atom is 0.434 e. The molecule has 0 aliphatic carbocycles. The summed E-state index contributed by atoms with van der Waals surface area (Å²) in [6, 6.07) is 0. The number of aromatic nitrogens is 2. The zero-order valence-corrected chi connectivity index (χ0v) is 7.23. The first kappa shape index (κ1) is 9.39. The number of halogens is 3. The summed E-state index contributed by atoms with van der Waals surface area (Å²) >= 11 is 0. The quantitative estimate of drug-likeness (QED) is 0.687. The number of rotatable bonds is 0. The Morgan fingerprint density at radius 1 is 1.29 bits per heavy atom. The minimum atomic E-state index is -4.40. The number of nitrogens with zero attached hydrogens (tertiary/aromatic N) is 2. The van der Waals surface area contributed by atoms with Crippen LogP contribution in [0.3, 0.4) is 0 Å². The second-order valence-corrected chi connectivity index (χ2v) is 3.07. The van der Waals surface area contributed by atoms with Crippen molar-refractivity contribution in [1.82, 2.24) is 15.3 Å². The highest BCUT2D eigenvalue weighted by Crippen LogP contribution is 2.27.